The van der Waals surface area contributed by atoms with E-state index in [0.717, 1.165) is 149 Å². The molecule has 0 amide bonds. The van der Waals surface area contributed by atoms with Gasteiger partial charge in [-0.3, -0.25) is 24.9 Å². The van der Waals surface area contributed by atoms with Gasteiger partial charge in [-0.25, -0.2) is 0 Å². The Morgan fingerprint density at radius 3 is 1.32 bits per heavy atom. The molecule has 10 heteroatoms. The zero-order valence-electron chi connectivity index (χ0n) is 44.3. The molecule has 0 N–H and O–H groups in total. The molecule has 382 valence electrons. The van der Waals surface area contributed by atoms with E-state index in [1.165, 1.54) is 0 Å². The third kappa shape index (κ3) is 7.52. The molecule has 10 heterocycles. The molecular weight excluding hydrogens is 983 g/mol. The highest BCUT2D eigenvalue weighted by Crippen LogP contribution is 2.42. The van der Waals surface area contributed by atoms with E-state index in [-0.39, 0.29) is 0 Å². The van der Waals surface area contributed by atoms with Crippen molar-refractivity contribution in [3.8, 4) is 22.7 Å². The second-order valence-electron chi connectivity index (χ2n) is 19.8. The van der Waals surface area contributed by atoms with Crippen molar-refractivity contribution in [1.29, 1.82) is 0 Å². The van der Waals surface area contributed by atoms with E-state index >= 15 is 0 Å². The largest absolute Gasteiger partial charge is 0.454 e. The Morgan fingerprint density at radius 1 is 0.400 bits per heavy atom. The second kappa shape index (κ2) is 19.4. The van der Waals surface area contributed by atoms with E-state index in [1.54, 1.807) is 12.3 Å². The summed E-state index contributed by atoms with van der Waals surface area (Å²) in [7, 11) is 0. The first-order valence-corrected chi connectivity index (χ1v) is 26.7. The predicted octanol–water partition coefficient (Wildman–Crippen LogP) is 17.7. The number of para-hydroxylation sites is 3. The minimum absolute atomic E-state index is 0.814. The van der Waals surface area contributed by atoms with Crippen molar-refractivity contribution in [1.82, 2.24) is 43.2 Å². The van der Waals surface area contributed by atoms with Crippen LogP contribution in [0.25, 0.3) is 138 Å². The summed E-state index contributed by atoms with van der Waals surface area (Å²) in [4.78, 5) is 23.7. The topological polar surface area (TPSA) is 97.3 Å². The van der Waals surface area contributed by atoms with E-state index in [1.807, 2.05) is 94.1 Å². The molecule has 10 nitrogen and oxygen atoms in total. The van der Waals surface area contributed by atoms with E-state index in [9.17, 15) is 0 Å². The maximum absolute atomic E-state index is 6.88. The highest BCUT2D eigenvalue weighted by Gasteiger charge is 2.22. The molecule has 0 aliphatic carbocycles. The molecule has 0 aliphatic rings. The van der Waals surface area contributed by atoms with Gasteiger partial charge in [0, 0.05) is 80.4 Å². The lowest BCUT2D eigenvalue weighted by Gasteiger charge is -2.10. The Labute approximate surface area is 459 Å². The van der Waals surface area contributed by atoms with E-state index in [2.05, 4.69) is 182 Å². The normalized spacial score (nSPS) is 11.7. The van der Waals surface area contributed by atoms with Gasteiger partial charge >= 0.3 is 0 Å². The zero-order chi connectivity index (χ0) is 54.0. The van der Waals surface area contributed by atoms with Crippen molar-refractivity contribution in [3.05, 3.63) is 256 Å². The number of pyridine rings is 5. The average molecular weight is 1030 g/mol. The Kier molecular flexibility index (Phi) is 11.6. The summed E-state index contributed by atoms with van der Waals surface area (Å²) < 4.78 is 16.1. The van der Waals surface area contributed by atoms with Gasteiger partial charge < -0.3 is 22.7 Å². The number of hydrogen-bond donors (Lipinski definition) is 0. The van der Waals surface area contributed by atoms with E-state index in [4.69, 9.17) is 24.4 Å². The van der Waals surface area contributed by atoms with Crippen LogP contribution in [-0.4, -0.2) is 43.2 Å². The lowest BCUT2D eigenvalue weighted by molar-refractivity contribution is 0.666. The van der Waals surface area contributed by atoms with Crippen molar-refractivity contribution in [2.45, 2.75) is 20.8 Å². The number of rotatable bonds is 6. The van der Waals surface area contributed by atoms with Gasteiger partial charge in [-0.1, -0.05) is 86.0 Å². The number of aryl methyl sites for hydroxylation is 1. The van der Waals surface area contributed by atoms with Crippen LogP contribution in [0.15, 0.2) is 249 Å². The van der Waals surface area contributed by atoms with Crippen molar-refractivity contribution in [2.24, 2.45) is 0 Å². The fourth-order valence-electron chi connectivity index (χ4n) is 11.6. The summed E-state index contributed by atoms with van der Waals surface area (Å²) >= 11 is 0. The third-order valence-electron chi connectivity index (χ3n) is 15.2. The molecule has 0 saturated carbocycles. The van der Waals surface area contributed by atoms with E-state index < -0.39 is 0 Å². The standard InChI is InChI=1S/C56H32N8O.C10H11N.C4H8/c1-3-13-42-37(10-1)52-46(16-6-26-57-52)61(42)33-20-23-44-40(31-33)54-48(18-8-28-59-54)63(44)35-22-25-51-39(30-35)36-12-5-15-50(56(36)65-51)64-45-24-21-34(32-41(45)55-49(64)19-9-29-60-55)62-43-14-4-2-11-38(43)53-47(62)17-7-27-58-53;1-4-8(2)10-9(3)6-5-7-11-10;1-3-4-2/h1-32H;4-7H,1-2H2,3H3;3-4H,1-2H3/b;;4-3-. The summed E-state index contributed by atoms with van der Waals surface area (Å²) in [6.45, 7) is 13.5. The lowest BCUT2D eigenvalue weighted by atomic mass is 10.1. The monoisotopic (exact) mass is 1030 g/mol. The quantitative estimate of drug-likeness (QED) is 0.122. The minimum atomic E-state index is 0.814. The van der Waals surface area contributed by atoms with Gasteiger partial charge in [0.15, 0.2) is 5.58 Å². The number of aromatic nitrogens is 9. The number of fused-ring (bicyclic) bond motifs is 15. The van der Waals surface area contributed by atoms with Crippen molar-refractivity contribution >= 4 is 115 Å². The SMILES string of the molecule is C/C=C\C.C=CC(=C)c1ncccc1C.c1cc(-n2c3ccc(-n4c5ccccc5c5ncccc54)cc3c3ncccc32)c2oc3ccc(-n4c5ccc(-n6c7ccccc7c7ncccc76)cc5c5ncccc54)cc3c2c1. The van der Waals surface area contributed by atoms with Crippen molar-refractivity contribution in [3.63, 3.8) is 0 Å². The number of benzene rings is 6. The molecule has 0 unspecified atom stereocenters. The molecule has 0 aliphatic heterocycles. The fourth-order valence-corrected chi connectivity index (χ4v) is 11.6. The Morgan fingerprint density at radius 2 is 0.812 bits per heavy atom. The highest BCUT2D eigenvalue weighted by molar-refractivity contribution is 6.14. The molecule has 16 aromatic rings. The van der Waals surface area contributed by atoms with Gasteiger partial charge in [-0.2, -0.15) is 0 Å². The highest BCUT2D eigenvalue weighted by atomic mass is 16.3. The Bertz CT molecular complexity index is 5070. The molecule has 0 radical (unpaired) electrons. The smallest absolute Gasteiger partial charge is 0.159 e. The van der Waals surface area contributed by atoms with Gasteiger partial charge in [0.2, 0.25) is 0 Å². The van der Waals surface area contributed by atoms with Gasteiger partial charge in [0.25, 0.3) is 0 Å². The minimum Gasteiger partial charge on any atom is -0.454 e. The summed E-state index contributed by atoms with van der Waals surface area (Å²) in [6, 6.07) is 63.8. The van der Waals surface area contributed by atoms with Crippen LogP contribution in [0.5, 0.6) is 0 Å². The Hall–Kier alpha value is -10.7. The second-order valence-corrected chi connectivity index (χ2v) is 19.8. The number of furan rings is 1. The summed E-state index contributed by atoms with van der Waals surface area (Å²) in [5.41, 5.74) is 21.1. The first-order chi connectivity index (χ1) is 39.4. The molecule has 6 aromatic carbocycles. The summed E-state index contributed by atoms with van der Waals surface area (Å²) in [6.07, 6.45) is 15.0. The molecule has 0 spiro atoms. The fraction of sp³-hybridized carbons (Fsp3) is 0.0429. The van der Waals surface area contributed by atoms with Crippen molar-refractivity contribution in [2.75, 3.05) is 0 Å². The number of hydrogen-bond acceptors (Lipinski definition) is 6. The molecular formula is C70H51N9O. The van der Waals surface area contributed by atoms with Gasteiger partial charge in [0.1, 0.15) is 5.58 Å². The lowest BCUT2D eigenvalue weighted by Crippen LogP contribution is -1.96. The number of allylic oxidation sites excluding steroid dienone is 4. The summed E-state index contributed by atoms with van der Waals surface area (Å²) in [5, 5.41) is 6.46. The van der Waals surface area contributed by atoms with Crippen LogP contribution in [0.3, 0.4) is 0 Å². The van der Waals surface area contributed by atoms with Crippen LogP contribution >= 0.6 is 0 Å². The van der Waals surface area contributed by atoms with Gasteiger partial charge in [-0.15, -0.1) is 0 Å². The molecule has 10 aromatic heterocycles. The van der Waals surface area contributed by atoms with E-state index in [0.29, 0.717) is 0 Å². The summed E-state index contributed by atoms with van der Waals surface area (Å²) in [5.74, 6) is 0. The molecule has 0 fully saturated rings. The van der Waals surface area contributed by atoms with Crippen LogP contribution in [0.2, 0.25) is 0 Å². The zero-order valence-corrected chi connectivity index (χ0v) is 44.3. The van der Waals surface area contributed by atoms with Crippen LogP contribution in [-0.2, 0) is 0 Å². The van der Waals surface area contributed by atoms with Crippen molar-refractivity contribution < 1.29 is 4.42 Å². The van der Waals surface area contributed by atoms with Crippen LogP contribution in [0, 0.1) is 6.92 Å². The molecule has 0 atom stereocenters. The molecule has 16 rings (SSSR count). The van der Waals surface area contributed by atoms with Gasteiger partial charge in [-0.05, 0) is 159 Å². The predicted molar refractivity (Wildman–Crippen MR) is 331 cm³/mol. The Balaban J connectivity index is 0.000000339. The van der Waals surface area contributed by atoms with Gasteiger partial charge in [0.05, 0.1) is 77.6 Å². The molecule has 0 bridgehead atoms. The first-order valence-electron chi connectivity index (χ1n) is 26.7. The van der Waals surface area contributed by atoms with Crippen LogP contribution in [0.1, 0.15) is 25.1 Å². The number of nitrogens with zero attached hydrogens (tertiary/aromatic N) is 9. The molecule has 0 saturated heterocycles. The third-order valence-corrected chi connectivity index (χ3v) is 15.2. The first kappa shape index (κ1) is 47.7. The van der Waals surface area contributed by atoms with Crippen LogP contribution < -0.4 is 0 Å². The maximum Gasteiger partial charge on any atom is 0.159 e. The van der Waals surface area contributed by atoms with Crippen LogP contribution in [0.4, 0.5) is 0 Å². The molecule has 80 heavy (non-hydrogen) atoms. The average Bonchev–Trinajstić information content (AvgIpc) is 4.52. The maximum atomic E-state index is 6.88.